The number of imide groups is 1. The number of urea groups is 1. The first-order chi connectivity index (χ1) is 10.6. The van der Waals surface area contributed by atoms with E-state index in [9.17, 15) is 19.5 Å². The minimum absolute atomic E-state index is 0.141. The fourth-order valence-electron chi connectivity index (χ4n) is 3.09. The molecule has 8 heteroatoms. The quantitative estimate of drug-likeness (QED) is 0.652. The Morgan fingerprint density at radius 3 is 2.52 bits per heavy atom. The Balaban J connectivity index is 1.95. The van der Waals surface area contributed by atoms with Gasteiger partial charge in [-0.2, -0.15) is 0 Å². The maximum atomic E-state index is 12.4. The number of carbonyl (C=O) groups excluding carboxylic acids is 3. The maximum Gasteiger partial charge on any atom is 0.325 e. The predicted octanol–water partition coefficient (Wildman–Crippen LogP) is -0.912. The van der Waals surface area contributed by atoms with Gasteiger partial charge in [-0.15, -0.1) is 0 Å². The van der Waals surface area contributed by atoms with Crippen molar-refractivity contribution < 1.29 is 19.5 Å². The van der Waals surface area contributed by atoms with Crippen LogP contribution in [0.4, 0.5) is 4.79 Å². The average molecular weight is 326 g/mol. The number of aliphatic hydroxyl groups is 1. The molecule has 2 aliphatic rings. The van der Waals surface area contributed by atoms with Crippen LogP contribution in [0.2, 0.25) is 0 Å². The van der Waals surface area contributed by atoms with Crippen LogP contribution in [0.5, 0.6) is 0 Å². The molecule has 0 saturated carbocycles. The smallest absolute Gasteiger partial charge is 0.325 e. The van der Waals surface area contributed by atoms with Crippen molar-refractivity contribution in [3.63, 3.8) is 0 Å². The SMILES string of the molecule is CN(C)C[C@@H]1CCN(C(=O)CN2C(=O)NC(=O)C2(C)C)C[C@H]1O. The van der Waals surface area contributed by atoms with E-state index in [0.717, 1.165) is 13.0 Å². The van der Waals surface area contributed by atoms with Gasteiger partial charge in [0.2, 0.25) is 5.91 Å². The van der Waals surface area contributed by atoms with E-state index in [0.29, 0.717) is 6.54 Å². The van der Waals surface area contributed by atoms with Crippen LogP contribution < -0.4 is 5.32 Å². The molecule has 4 amide bonds. The number of aliphatic hydroxyl groups excluding tert-OH is 1. The number of nitrogens with zero attached hydrogens (tertiary/aromatic N) is 3. The Kier molecular flexibility index (Phi) is 4.95. The molecule has 2 atom stereocenters. The molecule has 0 aromatic heterocycles. The van der Waals surface area contributed by atoms with Gasteiger partial charge < -0.3 is 19.8 Å². The lowest BCUT2D eigenvalue weighted by Gasteiger charge is -2.38. The fraction of sp³-hybridized carbons (Fsp3) is 0.800. The van der Waals surface area contributed by atoms with E-state index >= 15 is 0 Å². The highest BCUT2D eigenvalue weighted by molar-refractivity contribution is 6.07. The summed E-state index contributed by atoms with van der Waals surface area (Å²) >= 11 is 0. The van der Waals surface area contributed by atoms with Crippen molar-refractivity contribution in [2.75, 3.05) is 40.3 Å². The third-order valence-electron chi connectivity index (χ3n) is 4.66. The summed E-state index contributed by atoms with van der Waals surface area (Å²) in [4.78, 5) is 40.8. The third kappa shape index (κ3) is 3.64. The highest BCUT2D eigenvalue weighted by Gasteiger charge is 2.46. The van der Waals surface area contributed by atoms with Crippen LogP contribution in [0, 0.1) is 5.92 Å². The maximum absolute atomic E-state index is 12.4. The van der Waals surface area contributed by atoms with Gasteiger partial charge in [-0.3, -0.25) is 14.9 Å². The van der Waals surface area contributed by atoms with Gasteiger partial charge in [0.1, 0.15) is 12.1 Å². The van der Waals surface area contributed by atoms with Gasteiger partial charge in [-0.25, -0.2) is 4.79 Å². The number of hydrogen-bond donors (Lipinski definition) is 2. The van der Waals surface area contributed by atoms with Crippen molar-refractivity contribution in [1.82, 2.24) is 20.0 Å². The Morgan fingerprint density at radius 2 is 2.04 bits per heavy atom. The first kappa shape index (κ1) is 17.7. The summed E-state index contributed by atoms with van der Waals surface area (Å²) in [7, 11) is 3.91. The zero-order valence-corrected chi connectivity index (χ0v) is 14.2. The normalized spacial score (nSPS) is 27.6. The van der Waals surface area contributed by atoms with Crippen LogP contribution in [0.3, 0.4) is 0 Å². The number of nitrogens with one attached hydrogen (secondary N) is 1. The number of piperidine rings is 1. The van der Waals surface area contributed by atoms with Crippen molar-refractivity contribution in [3.8, 4) is 0 Å². The van der Waals surface area contributed by atoms with Crippen LogP contribution in [0.25, 0.3) is 0 Å². The van der Waals surface area contributed by atoms with Crippen molar-refractivity contribution in [2.24, 2.45) is 5.92 Å². The van der Waals surface area contributed by atoms with E-state index in [4.69, 9.17) is 0 Å². The number of likely N-dealkylation sites (tertiary alicyclic amines) is 1. The zero-order chi connectivity index (χ0) is 17.4. The molecule has 8 nitrogen and oxygen atoms in total. The lowest BCUT2D eigenvalue weighted by atomic mass is 9.93. The average Bonchev–Trinajstić information content (AvgIpc) is 2.63. The molecule has 23 heavy (non-hydrogen) atoms. The van der Waals surface area contributed by atoms with Crippen LogP contribution >= 0.6 is 0 Å². The van der Waals surface area contributed by atoms with Crippen molar-refractivity contribution in [1.29, 1.82) is 0 Å². The molecule has 0 spiro atoms. The molecule has 0 unspecified atom stereocenters. The molecule has 2 fully saturated rings. The van der Waals surface area contributed by atoms with Crippen LogP contribution in [-0.2, 0) is 9.59 Å². The van der Waals surface area contributed by atoms with Gasteiger partial charge in [0.15, 0.2) is 0 Å². The van der Waals surface area contributed by atoms with Crippen LogP contribution in [0.1, 0.15) is 20.3 Å². The molecule has 0 bridgehead atoms. The summed E-state index contributed by atoms with van der Waals surface area (Å²) < 4.78 is 0. The molecule has 130 valence electrons. The second-order valence-electron chi connectivity index (χ2n) is 7.12. The standard InChI is InChI=1S/C15H26N4O4/c1-15(2)13(22)16-14(23)19(15)9-12(21)18-6-5-10(7-17(3)4)11(20)8-18/h10-11,20H,5-9H2,1-4H3,(H,16,22,23)/t10-,11+/m0/s1. The summed E-state index contributed by atoms with van der Waals surface area (Å²) in [6, 6.07) is -0.545. The Morgan fingerprint density at radius 1 is 1.39 bits per heavy atom. The van der Waals surface area contributed by atoms with Crippen molar-refractivity contribution in [2.45, 2.75) is 31.9 Å². The largest absolute Gasteiger partial charge is 0.391 e. The van der Waals surface area contributed by atoms with Gasteiger partial charge >= 0.3 is 6.03 Å². The van der Waals surface area contributed by atoms with Crippen molar-refractivity contribution in [3.05, 3.63) is 0 Å². The summed E-state index contributed by atoms with van der Waals surface area (Å²) in [5.41, 5.74) is -1.03. The van der Waals surface area contributed by atoms with Crippen LogP contribution in [0.15, 0.2) is 0 Å². The minimum Gasteiger partial charge on any atom is -0.391 e. The van der Waals surface area contributed by atoms with E-state index in [1.807, 2.05) is 19.0 Å². The summed E-state index contributed by atoms with van der Waals surface area (Å²) in [5.74, 6) is -0.507. The minimum atomic E-state index is -1.03. The Hall–Kier alpha value is -1.67. The molecule has 2 aliphatic heterocycles. The van der Waals surface area contributed by atoms with E-state index in [1.54, 1.807) is 18.7 Å². The fourth-order valence-corrected chi connectivity index (χ4v) is 3.09. The molecule has 2 N–H and O–H groups in total. The van der Waals surface area contributed by atoms with E-state index < -0.39 is 23.6 Å². The van der Waals surface area contributed by atoms with Gasteiger partial charge in [-0.05, 0) is 34.4 Å². The first-order valence-corrected chi connectivity index (χ1v) is 7.86. The molecule has 2 rings (SSSR count). The lowest BCUT2D eigenvalue weighted by molar-refractivity contribution is -0.137. The van der Waals surface area contributed by atoms with Crippen molar-refractivity contribution >= 4 is 17.8 Å². The van der Waals surface area contributed by atoms with E-state index in [1.165, 1.54) is 4.90 Å². The number of amides is 4. The van der Waals surface area contributed by atoms with Gasteiger partial charge in [-0.1, -0.05) is 0 Å². The van der Waals surface area contributed by atoms with Gasteiger partial charge in [0, 0.05) is 25.6 Å². The molecule has 2 heterocycles. The van der Waals surface area contributed by atoms with Gasteiger partial charge in [0.25, 0.3) is 5.91 Å². The monoisotopic (exact) mass is 326 g/mol. The predicted molar refractivity (Wildman–Crippen MR) is 83.6 cm³/mol. The highest BCUT2D eigenvalue weighted by Crippen LogP contribution is 2.22. The lowest BCUT2D eigenvalue weighted by Crippen LogP contribution is -2.54. The molecule has 0 aromatic carbocycles. The Bertz CT molecular complexity index is 506. The molecule has 0 radical (unpaired) electrons. The second kappa shape index (κ2) is 6.45. The summed E-state index contributed by atoms with van der Waals surface area (Å²) in [5, 5.41) is 12.5. The number of hydrogen-bond acceptors (Lipinski definition) is 5. The topological polar surface area (TPSA) is 93.2 Å². The first-order valence-electron chi connectivity index (χ1n) is 7.86. The highest BCUT2D eigenvalue weighted by atomic mass is 16.3. The molecule has 0 aliphatic carbocycles. The molecular weight excluding hydrogens is 300 g/mol. The molecule has 0 aromatic rings. The third-order valence-corrected chi connectivity index (χ3v) is 4.66. The number of β-amino-alcohol motifs (C(OH)–C–C–N with tert-alkyl or cyclic N) is 1. The van der Waals surface area contributed by atoms with Crippen LogP contribution in [-0.4, -0.2) is 89.6 Å². The second-order valence-corrected chi connectivity index (χ2v) is 7.12. The number of carbonyl (C=O) groups is 3. The summed E-state index contributed by atoms with van der Waals surface area (Å²) in [6.45, 7) is 4.66. The number of rotatable bonds is 4. The van der Waals surface area contributed by atoms with Gasteiger partial charge in [0.05, 0.1) is 6.10 Å². The molecular formula is C15H26N4O4. The summed E-state index contributed by atoms with van der Waals surface area (Å²) in [6.07, 6.45) is 0.150. The molecule has 2 saturated heterocycles. The zero-order valence-electron chi connectivity index (χ0n) is 14.2. The Labute approximate surface area is 136 Å². The van der Waals surface area contributed by atoms with E-state index in [-0.39, 0.29) is 24.9 Å². The van der Waals surface area contributed by atoms with E-state index in [2.05, 4.69) is 5.32 Å².